The maximum atomic E-state index is 12.8. The summed E-state index contributed by atoms with van der Waals surface area (Å²) in [5, 5.41) is 0. The van der Waals surface area contributed by atoms with Gasteiger partial charge in [-0.05, 0) is 52.7 Å². The zero-order valence-corrected chi connectivity index (χ0v) is 14.4. The molecule has 24 heavy (non-hydrogen) atoms. The number of carbonyl (C=O) groups excluding carboxylic acids is 2. The van der Waals surface area contributed by atoms with E-state index >= 15 is 0 Å². The molecule has 2 N–H and O–H groups in total. The summed E-state index contributed by atoms with van der Waals surface area (Å²) >= 11 is 0. The van der Waals surface area contributed by atoms with Gasteiger partial charge in [-0.3, -0.25) is 20.5 Å². The van der Waals surface area contributed by atoms with Gasteiger partial charge in [0.05, 0.1) is 6.20 Å². The predicted molar refractivity (Wildman–Crippen MR) is 86.5 cm³/mol. The van der Waals surface area contributed by atoms with Gasteiger partial charge in [0.15, 0.2) is 0 Å². The lowest BCUT2D eigenvalue weighted by molar-refractivity contribution is -0.130. The summed E-state index contributed by atoms with van der Waals surface area (Å²) in [6.07, 6.45) is 1.76. The van der Waals surface area contributed by atoms with Gasteiger partial charge in [0.2, 0.25) is 0 Å². The van der Waals surface area contributed by atoms with Gasteiger partial charge in [0.1, 0.15) is 22.8 Å². The monoisotopic (exact) mass is 338 g/mol. The molecule has 0 saturated carbocycles. The van der Waals surface area contributed by atoms with E-state index in [4.69, 9.17) is 4.74 Å². The van der Waals surface area contributed by atoms with E-state index < -0.39 is 23.1 Å². The first-order valence-electron chi connectivity index (χ1n) is 7.80. The molecule has 1 aromatic rings. The number of halogens is 1. The molecule has 7 nitrogen and oxygen atoms in total. The largest absolute Gasteiger partial charge is 0.444 e. The average molecular weight is 338 g/mol. The van der Waals surface area contributed by atoms with Crippen LogP contribution < -0.4 is 10.9 Å². The molecule has 0 spiro atoms. The standard InChI is InChI=1S/C16H23FN4O3/c1-15(2,3)24-14(23)21-9-5-8-16(21,4)13(22)20-19-12-7-6-11(17)10-18-12/h6-7,10H,5,8-9H2,1-4H3,(H,18,19)(H,20,22). The van der Waals surface area contributed by atoms with E-state index in [0.29, 0.717) is 25.2 Å². The molecule has 1 fully saturated rings. The number of pyridine rings is 1. The topological polar surface area (TPSA) is 83.6 Å². The number of hydrazine groups is 1. The first-order chi connectivity index (χ1) is 11.1. The van der Waals surface area contributed by atoms with Crippen LogP contribution in [-0.4, -0.2) is 39.6 Å². The number of ether oxygens (including phenoxy) is 1. The zero-order chi connectivity index (χ0) is 18.0. The van der Waals surface area contributed by atoms with Gasteiger partial charge in [-0.1, -0.05) is 0 Å². The van der Waals surface area contributed by atoms with Crippen LogP contribution in [0.15, 0.2) is 18.3 Å². The number of hydrogen-bond acceptors (Lipinski definition) is 5. The second kappa shape index (κ2) is 6.62. The second-order valence-corrected chi connectivity index (χ2v) is 6.95. The van der Waals surface area contributed by atoms with Gasteiger partial charge in [0.25, 0.3) is 5.91 Å². The first kappa shape index (κ1) is 18.0. The van der Waals surface area contributed by atoms with E-state index in [1.165, 1.54) is 17.0 Å². The molecule has 2 rings (SSSR count). The van der Waals surface area contributed by atoms with Crippen molar-refractivity contribution in [3.05, 3.63) is 24.1 Å². The molecule has 0 bridgehead atoms. The Balaban J connectivity index is 2.02. The molecule has 1 atom stereocenters. The van der Waals surface area contributed by atoms with E-state index in [9.17, 15) is 14.0 Å². The fraction of sp³-hybridized carbons (Fsp3) is 0.562. The van der Waals surface area contributed by atoms with Crippen LogP contribution in [0.25, 0.3) is 0 Å². The normalized spacial score (nSPS) is 20.6. The van der Waals surface area contributed by atoms with Crippen LogP contribution in [0.4, 0.5) is 15.0 Å². The lowest BCUT2D eigenvalue weighted by Crippen LogP contribution is -2.57. The number of amides is 2. The second-order valence-electron chi connectivity index (χ2n) is 6.95. The fourth-order valence-electron chi connectivity index (χ4n) is 2.51. The van der Waals surface area contributed by atoms with E-state index in [1.807, 2.05) is 0 Å². The summed E-state index contributed by atoms with van der Waals surface area (Å²) in [4.78, 5) is 30.1. The molecule has 132 valence electrons. The smallest absolute Gasteiger partial charge is 0.411 e. The maximum absolute atomic E-state index is 12.8. The Morgan fingerprint density at radius 2 is 2.08 bits per heavy atom. The Morgan fingerprint density at radius 3 is 2.67 bits per heavy atom. The summed E-state index contributed by atoms with van der Waals surface area (Å²) in [6.45, 7) is 7.48. The lowest BCUT2D eigenvalue weighted by Gasteiger charge is -2.35. The number of nitrogens with zero attached hydrogens (tertiary/aromatic N) is 2. The highest BCUT2D eigenvalue weighted by molar-refractivity contribution is 5.90. The Bertz CT molecular complexity index is 615. The van der Waals surface area contributed by atoms with Crippen molar-refractivity contribution in [2.75, 3.05) is 12.0 Å². The summed E-state index contributed by atoms with van der Waals surface area (Å²) in [5.74, 6) is -0.544. The van der Waals surface area contributed by atoms with Gasteiger partial charge >= 0.3 is 6.09 Å². The minimum absolute atomic E-state index is 0.301. The van der Waals surface area contributed by atoms with Crippen molar-refractivity contribution >= 4 is 17.8 Å². The van der Waals surface area contributed by atoms with Crippen molar-refractivity contribution in [2.45, 2.75) is 51.7 Å². The van der Waals surface area contributed by atoms with Crippen molar-refractivity contribution in [1.82, 2.24) is 15.3 Å². The predicted octanol–water partition coefficient (Wildman–Crippen LogP) is 2.45. The molecule has 2 amide bonds. The highest BCUT2D eigenvalue weighted by Crippen LogP contribution is 2.30. The summed E-state index contributed by atoms with van der Waals surface area (Å²) in [7, 11) is 0. The summed E-state index contributed by atoms with van der Waals surface area (Å²) in [5.41, 5.74) is 3.50. The minimum atomic E-state index is -1.02. The third-order valence-electron chi connectivity index (χ3n) is 3.78. The average Bonchev–Trinajstić information content (AvgIpc) is 2.88. The van der Waals surface area contributed by atoms with Crippen LogP contribution in [-0.2, 0) is 9.53 Å². The SMILES string of the molecule is CC(C)(C)OC(=O)N1CCCC1(C)C(=O)NNc1ccc(F)cn1. The van der Waals surface area contributed by atoms with Crippen molar-refractivity contribution in [1.29, 1.82) is 0 Å². The fourth-order valence-corrected chi connectivity index (χ4v) is 2.51. The first-order valence-corrected chi connectivity index (χ1v) is 7.80. The molecule has 0 aromatic carbocycles. The molecule has 8 heteroatoms. The van der Waals surface area contributed by atoms with Crippen molar-refractivity contribution in [3.8, 4) is 0 Å². The van der Waals surface area contributed by atoms with Gasteiger partial charge in [-0.15, -0.1) is 0 Å². The van der Waals surface area contributed by atoms with Crippen molar-refractivity contribution < 1.29 is 18.7 Å². The third-order valence-corrected chi connectivity index (χ3v) is 3.78. The molecular weight excluding hydrogens is 315 g/mol. The Kier molecular flexibility index (Phi) is 4.96. The number of carbonyl (C=O) groups is 2. The highest BCUT2D eigenvalue weighted by atomic mass is 19.1. The molecule has 1 saturated heterocycles. The number of likely N-dealkylation sites (tertiary alicyclic amines) is 1. The Morgan fingerprint density at radius 1 is 1.38 bits per heavy atom. The number of hydrogen-bond donors (Lipinski definition) is 2. The Hall–Kier alpha value is -2.38. The van der Waals surface area contributed by atoms with Gasteiger partial charge in [0, 0.05) is 6.54 Å². The molecular formula is C16H23FN4O3. The molecule has 0 radical (unpaired) electrons. The number of aromatic nitrogens is 1. The molecule has 2 heterocycles. The van der Waals surface area contributed by atoms with E-state index in [2.05, 4.69) is 15.8 Å². The lowest BCUT2D eigenvalue weighted by atomic mass is 9.98. The minimum Gasteiger partial charge on any atom is -0.444 e. The van der Waals surface area contributed by atoms with Crippen molar-refractivity contribution in [3.63, 3.8) is 0 Å². The van der Waals surface area contributed by atoms with Gasteiger partial charge < -0.3 is 4.74 Å². The molecule has 1 aliphatic rings. The van der Waals surface area contributed by atoms with E-state index in [1.54, 1.807) is 27.7 Å². The molecule has 0 aliphatic carbocycles. The van der Waals surface area contributed by atoms with Crippen LogP contribution in [0.3, 0.4) is 0 Å². The van der Waals surface area contributed by atoms with Crippen LogP contribution in [0, 0.1) is 5.82 Å². The number of rotatable bonds is 3. The zero-order valence-electron chi connectivity index (χ0n) is 14.4. The van der Waals surface area contributed by atoms with Gasteiger partial charge in [-0.2, -0.15) is 0 Å². The molecule has 1 unspecified atom stereocenters. The summed E-state index contributed by atoms with van der Waals surface area (Å²) in [6, 6.07) is 2.63. The van der Waals surface area contributed by atoms with Crippen molar-refractivity contribution in [2.24, 2.45) is 0 Å². The number of anilines is 1. The van der Waals surface area contributed by atoms with E-state index in [-0.39, 0.29) is 5.91 Å². The van der Waals surface area contributed by atoms with Crippen LogP contribution in [0.2, 0.25) is 0 Å². The maximum Gasteiger partial charge on any atom is 0.411 e. The summed E-state index contributed by atoms with van der Waals surface area (Å²) < 4.78 is 18.2. The molecule has 1 aromatic heterocycles. The van der Waals surface area contributed by atoms with Crippen LogP contribution in [0.5, 0.6) is 0 Å². The van der Waals surface area contributed by atoms with Crippen LogP contribution >= 0.6 is 0 Å². The molecule has 1 aliphatic heterocycles. The highest BCUT2D eigenvalue weighted by Gasteiger charge is 2.47. The number of nitrogens with one attached hydrogen (secondary N) is 2. The van der Waals surface area contributed by atoms with Crippen LogP contribution in [0.1, 0.15) is 40.5 Å². The quantitative estimate of drug-likeness (QED) is 0.827. The third kappa shape index (κ3) is 4.12. The van der Waals surface area contributed by atoms with Gasteiger partial charge in [-0.25, -0.2) is 14.2 Å². The Labute approximate surface area is 140 Å². The van der Waals surface area contributed by atoms with E-state index in [0.717, 1.165) is 6.20 Å².